The Labute approximate surface area is 198 Å². The maximum absolute atomic E-state index is 13.5. The molecular formula is C24H24N4O5S. The maximum Gasteiger partial charge on any atom is 0.284 e. The zero-order chi connectivity index (χ0) is 24.1. The minimum Gasteiger partial charge on any atom is -0.497 e. The number of methoxy groups -OCH3 is 3. The van der Waals surface area contributed by atoms with Crippen molar-refractivity contribution in [2.45, 2.75) is 4.90 Å². The molecule has 176 valence electrons. The number of hydrogen-bond acceptors (Lipinski definition) is 8. The van der Waals surface area contributed by atoms with E-state index in [1.165, 1.54) is 19.2 Å². The predicted molar refractivity (Wildman–Crippen MR) is 130 cm³/mol. The van der Waals surface area contributed by atoms with E-state index in [1.54, 1.807) is 50.6 Å². The zero-order valence-electron chi connectivity index (χ0n) is 18.8. The summed E-state index contributed by atoms with van der Waals surface area (Å²) in [7, 11) is 0.570. The first-order chi connectivity index (χ1) is 16.5. The predicted octanol–water partition coefficient (Wildman–Crippen LogP) is 4.63. The number of nitrogens with zero attached hydrogens (tertiary/aromatic N) is 2. The lowest BCUT2D eigenvalue weighted by Gasteiger charge is -2.13. The van der Waals surface area contributed by atoms with E-state index < -0.39 is 10.0 Å². The van der Waals surface area contributed by atoms with Crippen LogP contribution in [0.15, 0.2) is 83.8 Å². The van der Waals surface area contributed by atoms with Gasteiger partial charge in [0.1, 0.15) is 23.1 Å². The summed E-state index contributed by atoms with van der Waals surface area (Å²) >= 11 is 0. The largest absolute Gasteiger partial charge is 0.497 e. The second-order valence-corrected chi connectivity index (χ2v) is 8.86. The molecule has 34 heavy (non-hydrogen) atoms. The van der Waals surface area contributed by atoms with Crippen molar-refractivity contribution in [2.24, 2.45) is 0 Å². The van der Waals surface area contributed by atoms with Gasteiger partial charge in [-0.25, -0.2) is 0 Å². The molecule has 0 aliphatic heterocycles. The number of nitrogens with one attached hydrogen (secondary N) is 2. The van der Waals surface area contributed by atoms with Gasteiger partial charge < -0.3 is 24.8 Å². The van der Waals surface area contributed by atoms with Crippen LogP contribution in [-0.2, 0) is 10.0 Å². The number of anilines is 4. The number of benzene rings is 3. The molecule has 0 bridgehead atoms. The monoisotopic (exact) mass is 480 g/mol. The van der Waals surface area contributed by atoms with Crippen molar-refractivity contribution in [2.75, 3.05) is 32.0 Å². The van der Waals surface area contributed by atoms with Gasteiger partial charge in [0.2, 0.25) is 0 Å². The van der Waals surface area contributed by atoms with Gasteiger partial charge in [0, 0.05) is 6.07 Å². The number of aromatic nitrogens is 2. The van der Waals surface area contributed by atoms with E-state index in [0.717, 1.165) is 4.09 Å². The van der Waals surface area contributed by atoms with Crippen molar-refractivity contribution in [3.63, 3.8) is 0 Å². The lowest BCUT2D eigenvalue weighted by molar-refractivity contribution is 0.414. The van der Waals surface area contributed by atoms with Gasteiger partial charge >= 0.3 is 0 Å². The van der Waals surface area contributed by atoms with Crippen molar-refractivity contribution in [1.29, 1.82) is 0 Å². The molecule has 0 unspecified atom stereocenters. The second-order valence-electron chi connectivity index (χ2n) is 7.09. The molecule has 1 heterocycles. The van der Waals surface area contributed by atoms with Crippen molar-refractivity contribution in [1.82, 2.24) is 9.19 Å². The summed E-state index contributed by atoms with van der Waals surface area (Å²) in [6.07, 6.45) is 0. The molecule has 2 N–H and O–H groups in total. The van der Waals surface area contributed by atoms with E-state index in [1.807, 2.05) is 30.3 Å². The summed E-state index contributed by atoms with van der Waals surface area (Å²) in [5.41, 5.74) is 1.22. The lowest BCUT2D eigenvalue weighted by Crippen LogP contribution is -2.17. The fourth-order valence-corrected chi connectivity index (χ4v) is 4.55. The first-order valence-corrected chi connectivity index (χ1v) is 11.7. The van der Waals surface area contributed by atoms with Crippen molar-refractivity contribution in [3.05, 3.63) is 78.9 Å². The van der Waals surface area contributed by atoms with E-state index in [-0.39, 0.29) is 10.7 Å². The minimum absolute atomic E-state index is 0.0586. The number of ether oxygens (including phenoxy) is 3. The molecule has 4 rings (SSSR count). The zero-order valence-corrected chi connectivity index (χ0v) is 19.7. The Morgan fingerprint density at radius 2 is 1.29 bits per heavy atom. The normalized spacial score (nSPS) is 11.0. The SMILES string of the molecule is COc1ccc(S(=O)(=O)n2nc(Nc3ccccc3OC)cc2Nc2ccccc2OC)cc1. The van der Waals surface area contributed by atoms with Crippen LogP contribution in [0, 0.1) is 0 Å². The Bertz CT molecular complexity index is 1380. The maximum atomic E-state index is 13.5. The molecule has 4 aromatic rings. The van der Waals surface area contributed by atoms with E-state index in [0.29, 0.717) is 34.4 Å². The van der Waals surface area contributed by atoms with Gasteiger partial charge in [-0.3, -0.25) is 0 Å². The quantitative estimate of drug-likeness (QED) is 0.357. The molecule has 1 aromatic heterocycles. The minimum atomic E-state index is -4.05. The molecule has 0 spiro atoms. The Hall–Kier alpha value is -4.18. The smallest absolute Gasteiger partial charge is 0.284 e. The highest BCUT2D eigenvalue weighted by atomic mass is 32.2. The van der Waals surface area contributed by atoms with Crippen molar-refractivity contribution < 1.29 is 22.6 Å². The molecule has 10 heteroatoms. The highest BCUT2D eigenvalue weighted by Crippen LogP contribution is 2.33. The summed E-state index contributed by atoms with van der Waals surface area (Å²) in [6, 6.07) is 22.2. The summed E-state index contributed by atoms with van der Waals surface area (Å²) in [6.45, 7) is 0. The summed E-state index contributed by atoms with van der Waals surface area (Å²) in [5, 5.41) is 10.6. The first kappa shape index (κ1) is 23.0. The Kier molecular flexibility index (Phi) is 6.60. The molecule has 0 fully saturated rings. The Balaban J connectivity index is 1.79. The third kappa shape index (κ3) is 4.62. The average molecular weight is 481 g/mol. The Morgan fingerprint density at radius 3 is 1.85 bits per heavy atom. The van der Waals surface area contributed by atoms with Gasteiger partial charge in [0.15, 0.2) is 5.82 Å². The average Bonchev–Trinajstić information content (AvgIpc) is 3.27. The molecule has 0 saturated carbocycles. The number of para-hydroxylation sites is 4. The lowest BCUT2D eigenvalue weighted by atomic mass is 10.3. The topological polar surface area (TPSA) is 104 Å². The number of hydrogen-bond donors (Lipinski definition) is 2. The molecule has 0 aliphatic rings. The van der Waals surface area contributed by atoms with Gasteiger partial charge in [-0.05, 0) is 48.5 Å². The summed E-state index contributed by atoms with van der Waals surface area (Å²) in [5.74, 6) is 2.22. The molecule has 0 aliphatic carbocycles. The highest BCUT2D eigenvalue weighted by molar-refractivity contribution is 7.90. The van der Waals surface area contributed by atoms with Gasteiger partial charge in [-0.1, -0.05) is 24.3 Å². The third-order valence-corrected chi connectivity index (χ3v) is 6.60. The van der Waals surface area contributed by atoms with Gasteiger partial charge in [0.25, 0.3) is 10.0 Å². The molecule has 0 radical (unpaired) electrons. The highest BCUT2D eigenvalue weighted by Gasteiger charge is 2.24. The standard InChI is InChI=1S/C24H24N4O5S/c1-31-17-12-14-18(15-13-17)34(29,30)28-24(26-20-9-5-7-11-22(20)33-3)16-23(27-28)25-19-8-4-6-10-21(19)32-2/h4-16,26H,1-3H3,(H,25,27). The van der Waals surface area contributed by atoms with Crippen molar-refractivity contribution >= 4 is 33.0 Å². The van der Waals surface area contributed by atoms with E-state index in [9.17, 15) is 8.42 Å². The first-order valence-electron chi connectivity index (χ1n) is 10.3. The van der Waals surface area contributed by atoms with Crippen LogP contribution >= 0.6 is 0 Å². The second kappa shape index (κ2) is 9.75. The molecule has 0 saturated heterocycles. The van der Waals surface area contributed by atoms with Crippen LogP contribution in [0.2, 0.25) is 0 Å². The third-order valence-electron chi connectivity index (χ3n) is 5.00. The van der Waals surface area contributed by atoms with E-state index >= 15 is 0 Å². The molecular weight excluding hydrogens is 456 g/mol. The summed E-state index contributed by atoms with van der Waals surface area (Å²) < 4.78 is 43.9. The van der Waals surface area contributed by atoms with E-state index in [2.05, 4.69) is 15.7 Å². The summed E-state index contributed by atoms with van der Waals surface area (Å²) in [4.78, 5) is 0.0586. The fourth-order valence-electron chi connectivity index (χ4n) is 3.31. The van der Waals surface area contributed by atoms with Crippen LogP contribution in [0.3, 0.4) is 0 Å². The van der Waals surface area contributed by atoms with E-state index in [4.69, 9.17) is 14.2 Å². The Morgan fingerprint density at radius 1 is 0.735 bits per heavy atom. The van der Waals surface area contributed by atoms with Crippen LogP contribution in [0.4, 0.5) is 23.0 Å². The van der Waals surface area contributed by atoms with Crippen LogP contribution in [0.25, 0.3) is 0 Å². The van der Waals surface area contributed by atoms with Crippen LogP contribution in [0.5, 0.6) is 17.2 Å². The van der Waals surface area contributed by atoms with Crippen LogP contribution < -0.4 is 24.8 Å². The molecule has 0 atom stereocenters. The van der Waals surface area contributed by atoms with Crippen molar-refractivity contribution in [3.8, 4) is 17.2 Å². The van der Waals surface area contributed by atoms with Crippen LogP contribution in [0.1, 0.15) is 0 Å². The van der Waals surface area contributed by atoms with Gasteiger partial charge in [0.05, 0.1) is 37.6 Å². The molecule has 0 amide bonds. The van der Waals surface area contributed by atoms with Gasteiger partial charge in [-0.15, -0.1) is 9.19 Å². The molecule has 9 nitrogen and oxygen atoms in total. The number of rotatable bonds is 9. The van der Waals surface area contributed by atoms with Crippen LogP contribution in [-0.4, -0.2) is 38.9 Å². The fraction of sp³-hybridized carbons (Fsp3) is 0.125. The van der Waals surface area contributed by atoms with Gasteiger partial charge in [-0.2, -0.15) is 8.42 Å². The molecule has 3 aromatic carbocycles.